The molecule has 1 aromatic heterocycles. The van der Waals surface area contributed by atoms with Crippen molar-refractivity contribution in [2.75, 3.05) is 7.11 Å². The van der Waals surface area contributed by atoms with E-state index in [4.69, 9.17) is 10.3 Å². The third-order valence-corrected chi connectivity index (χ3v) is 2.27. The summed E-state index contributed by atoms with van der Waals surface area (Å²) in [4.78, 5) is 10.7. The smallest absolute Gasteiger partial charge is 0.161 e. The average Bonchev–Trinajstić information content (AvgIpc) is 2.40. The lowest BCUT2D eigenvalue weighted by atomic mass is 10.1. The highest BCUT2D eigenvalue weighted by Crippen LogP contribution is 2.33. The monoisotopic (exact) mass is 243 g/mol. The van der Waals surface area contributed by atoms with Gasteiger partial charge in [0.05, 0.1) is 12.8 Å². The van der Waals surface area contributed by atoms with Gasteiger partial charge in [-0.25, -0.2) is 0 Å². The van der Waals surface area contributed by atoms with Gasteiger partial charge in [-0.3, -0.25) is 9.97 Å². The molecule has 0 spiro atoms. The van der Waals surface area contributed by atoms with Gasteiger partial charge in [0.1, 0.15) is 0 Å². The maximum absolute atomic E-state index is 9.51. The summed E-state index contributed by atoms with van der Waals surface area (Å²) in [6.45, 7) is 0. The van der Waals surface area contributed by atoms with Gasteiger partial charge in [0, 0.05) is 22.9 Å². The fourth-order valence-corrected chi connectivity index (χ4v) is 1.47. The van der Waals surface area contributed by atoms with Gasteiger partial charge < -0.3 is 9.84 Å². The molecule has 0 aliphatic heterocycles. The molecular weight excluding hydrogens is 234 g/mol. The normalized spacial score (nSPS) is 9.61. The maximum Gasteiger partial charge on any atom is 0.161 e. The summed E-state index contributed by atoms with van der Waals surface area (Å²) in [7, 11) is 1.45. The molecule has 0 amide bonds. The molecular formula is C11H9N5O2. The van der Waals surface area contributed by atoms with E-state index < -0.39 is 0 Å². The summed E-state index contributed by atoms with van der Waals surface area (Å²) in [5.74, 6) is 0.508. The Kier molecular flexibility index (Phi) is 3.26. The number of aromatic nitrogens is 2. The molecule has 0 atom stereocenters. The Morgan fingerprint density at radius 2 is 2.11 bits per heavy atom. The zero-order chi connectivity index (χ0) is 13.0. The van der Waals surface area contributed by atoms with E-state index in [0.29, 0.717) is 17.0 Å². The van der Waals surface area contributed by atoms with Crippen molar-refractivity contribution in [3.8, 4) is 22.8 Å². The third-order valence-electron chi connectivity index (χ3n) is 2.27. The van der Waals surface area contributed by atoms with E-state index in [1.807, 2.05) is 0 Å². The minimum Gasteiger partial charge on any atom is -0.504 e. The van der Waals surface area contributed by atoms with Crippen LogP contribution in [0.2, 0.25) is 0 Å². The molecule has 1 heterocycles. The quantitative estimate of drug-likeness (QED) is 0.508. The summed E-state index contributed by atoms with van der Waals surface area (Å²) in [5, 5.41) is 13.0. The Hall–Kier alpha value is -2.79. The van der Waals surface area contributed by atoms with Crippen LogP contribution in [0.1, 0.15) is 0 Å². The fourth-order valence-electron chi connectivity index (χ4n) is 1.47. The number of hydrogen-bond acceptors (Lipinski definition) is 5. The molecule has 0 saturated heterocycles. The standard InChI is InChI=1S/C11H9N5O2/c1-18-9-6-7(2-3-8(9)17)10-11(15-16-12)14-5-4-13-10/h2-6,17H,1H3. The molecule has 0 radical (unpaired) electrons. The number of nitrogens with zero attached hydrogens (tertiary/aromatic N) is 5. The molecule has 0 saturated carbocycles. The van der Waals surface area contributed by atoms with Gasteiger partial charge in [0.25, 0.3) is 0 Å². The maximum atomic E-state index is 9.51. The van der Waals surface area contributed by atoms with Crippen LogP contribution in [-0.2, 0) is 0 Å². The molecule has 0 aliphatic carbocycles. The minimum absolute atomic E-state index is 0.0236. The topological polar surface area (TPSA) is 104 Å². The summed E-state index contributed by atoms with van der Waals surface area (Å²) in [6, 6.07) is 4.71. The predicted molar refractivity (Wildman–Crippen MR) is 64.5 cm³/mol. The van der Waals surface area contributed by atoms with Crippen LogP contribution in [0.3, 0.4) is 0 Å². The summed E-state index contributed by atoms with van der Waals surface area (Å²) in [6.07, 6.45) is 2.93. The molecule has 2 rings (SSSR count). The van der Waals surface area contributed by atoms with E-state index in [1.165, 1.54) is 25.6 Å². The molecule has 90 valence electrons. The first-order chi connectivity index (χ1) is 8.76. The molecule has 7 heteroatoms. The van der Waals surface area contributed by atoms with Crippen molar-refractivity contribution >= 4 is 5.82 Å². The lowest BCUT2D eigenvalue weighted by molar-refractivity contribution is 0.373. The van der Waals surface area contributed by atoms with E-state index >= 15 is 0 Å². The Balaban J connectivity index is 2.58. The van der Waals surface area contributed by atoms with E-state index in [1.54, 1.807) is 12.1 Å². The first-order valence-corrected chi connectivity index (χ1v) is 4.99. The Bertz CT molecular complexity index is 623. The van der Waals surface area contributed by atoms with Crippen molar-refractivity contribution in [2.24, 2.45) is 5.11 Å². The van der Waals surface area contributed by atoms with Gasteiger partial charge in [-0.2, -0.15) is 0 Å². The average molecular weight is 243 g/mol. The molecule has 0 aliphatic rings. The van der Waals surface area contributed by atoms with E-state index in [2.05, 4.69) is 20.0 Å². The van der Waals surface area contributed by atoms with E-state index in [9.17, 15) is 5.11 Å². The highest BCUT2D eigenvalue weighted by molar-refractivity contribution is 5.71. The summed E-state index contributed by atoms with van der Waals surface area (Å²) >= 11 is 0. The molecule has 18 heavy (non-hydrogen) atoms. The van der Waals surface area contributed by atoms with Crippen LogP contribution >= 0.6 is 0 Å². The van der Waals surface area contributed by atoms with Gasteiger partial charge >= 0.3 is 0 Å². The first-order valence-electron chi connectivity index (χ1n) is 4.99. The van der Waals surface area contributed by atoms with Gasteiger partial charge in [-0.05, 0) is 28.8 Å². The van der Waals surface area contributed by atoms with Crippen LogP contribution in [0.4, 0.5) is 5.82 Å². The van der Waals surface area contributed by atoms with Gasteiger partial charge in [-0.15, -0.1) is 0 Å². The van der Waals surface area contributed by atoms with Crippen LogP contribution in [0.25, 0.3) is 21.7 Å². The molecule has 1 N–H and O–H groups in total. The lowest BCUT2D eigenvalue weighted by Crippen LogP contribution is -1.89. The van der Waals surface area contributed by atoms with E-state index in [-0.39, 0.29) is 11.6 Å². The van der Waals surface area contributed by atoms with Crippen LogP contribution < -0.4 is 4.74 Å². The second-order valence-corrected chi connectivity index (χ2v) is 3.30. The van der Waals surface area contributed by atoms with Crippen LogP contribution in [0, 0.1) is 0 Å². The minimum atomic E-state index is 0.0236. The molecule has 7 nitrogen and oxygen atoms in total. The van der Waals surface area contributed by atoms with Gasteiger partial charge in [0.2, 0.25) is 0 Å². The van der Waals surface area contributed by atoms with Gasteiger partial charge in [-0.1, -0.05) is 0 Å². The van der Waals surface area contributed by atoms with Gasteiger partial charge in [0.15, 0.2) is 17.3 Å². The largest absolute Gasteiger partial charge is 0.504 e. The van der Waals surface area contributed by atoms with Crippen molar-refractivity contribution in [3.63, 3.8) is 0 Å². The number of aromatic hydroxyl groups is 1. The molecule has 0 bridgehead atoms. The van der Waals surface area contributed by atoms with Crippen molar-refractivity contribution in [3.05, 3.63) is 41.0 Å². The highest BCUT2D eigenvalue weighted by atomic mass is 16.5. The molecule has 1 aromatic carbocycles. The number of methoxy groups -OCH3 is 1. The number of azide groups is 1. The Morgan fingerprint density at radius 3 is 2.83 bits per heavy atom. The van der Waals surface area contributed by atoms with Crippen molar-refractivity contribution in [1.29, 1.82) is 0 Å². The Labute approximate surface area is 102 Å². The number of ether oxygens (including phenoxy) is 1. The highest BCUT2D eigenvalue weighted by Gasteiger charge is 2.09. The van der Waals surface area contributed by atoms with Crippen LogP contribution in [0.15, 0.2) is 35.7 Å². The second-order valence-electron chi connectivity index (χ2n) is 3.30. The predicted octanol–water partition coefficient (Wildman–Crippen LogP) is 2.80. The SMILES string of the molecule is COc1cc(-c2nccnc2N=[N+]=[N-])ccc1O. The van der Waals surface area contributed by atoms with E-state index in [0.717, 1.165) is 0 Å². The fraction of sp³-hybridized carbons (Fsp3) is 0.0909. The number of phenolic OH excluding ortho intramolecular Hbond substituents is 1. The molecule has 0 unspecified atom stereocenters. The summed E-state index contributed by atoms with van der Waals surface area (Å²) < 4.78 is 5.01. The Morgan fingerprint density at radius 1 is 1.33 bits per heavy atom. The van der Waals surface area contributed by atoms with Crippen LogP contribution in [-0.4, -0.2) is 22.2 Å². The number of phenols is 1. The molecule has 2 aromatic rings. The van der Waals surface area contributed by atoms with Crippen LogP contribution in [0.5, 0.6) is 11.5 Å². The van der Waals surface area contributed by atoms with Crippen molar-refractivity contribution < 1.29 is 9.84 Å². The first kappa shape index (κ1) is 11.7. The second kappa shape index (κ2) is 5.03. The molecule has 0 fully saturated rings. The zero-order valence-corrected chi connectivity index (χ0v) is 9.48. The number of hydrogen-bond donors (Lipinski definition) is 1. The summed E-state index contributed by atoms with van der Waals surface area (Å²) in [5.41, 5.74) is 9.53. The third kappa shape index (κ3) is 2.16. The van der Waals surface area contributed by atoms with Crippen molar-refractivity contribution in [2.45, 2.75) is 0 Å². The number of benzene rings is 1. The zero-order valence-electron chi connectivity index (χ0n) is 9.48. The lowest BCUT2D eigenvalue weighted by Gasteiger charge is -2.07. The van der Waals surface area contributed by atoms with Crippen molar-refractivity contribution in [1.82, 2.24) is 9.97 Å². The number of rotatable bonds is 3.